The Kier molecular flexibility index (Phi) is 4.99. The highest BCUT2D eigenvalue weighted by atomic mass is 19.4. The van der Waals surface area contributed by atoms with Crippen molar-refractivity contribution in [3.63, 3.8) is 0 Å². The maximum Gasteiger partial charge on any atom is 0.416 e. The van der Waals surface area contributed by atoms with Crippen LogP contribution in [0, 0.1) is 0 Å². The second kappa shape index (κ2) is 7.28. The molecule has 2 aliphatic carbocycles. The van der Waals surface area contributed by atoms with Crippen molar-refractivity contribution in [3.05, 3.63) is 59.7 Å². The van der Waals surface area contributed by atoms with E-state index in [1.807, 2.05) is 36.4 Å². The minimum atomic E-state index is -4.34. The third-order valence-corrected chi connectivity index (χ3v) is 5.88. The first-order valence-electron chi connectivity index (χ1n) is 9.70. The van der Waals surface area contributed by atoms with Crippen molar-refractivity contribution in [1.29, 1.82) is 0 Å². The molecule has 0 bridgehead atoms. The molecule has 0 aliphatic heterocycles. The summed E-state index contributed by atoms with van der Waals surface area (Å²) in [6.45, 7) is 0. The van der Waals surface area contributed by atoms with Crippen molar-refractivity contribution in [2.75, 3.05) is 0 Å². The van der Waals surface area contributed by atoms with E-state index in [-0.39, 0.29) is 18.0 Å². The lowest BCUT2D eigenvalue weighted by molar-refractivity contribution is -0.138. The van der Waals surface area contributed by atoms with E-state index in [9.17, 15) is 13.2 Å². The minimum absolute atomic E-state index is 0.0537. The first-order chi connectivity index (χ1) is 12.9. The van der Waals surface area contributed by atoms with Crippen molar-refractivity contribution in [3.8, 4) is 11.1 Å². The van der Waals surface area contributed by atoms with Crippen molar-refractivity contribution >= 4 is 0 Å². The van der Waals surface area contributed by atoms with Crippen molar-refractivity contribution < 1.29 is 13.2 Å². The number of alkyl halides is 3. The zero-order valence-electron chi connectivity index (χ0n) is 15.2. The van der Waals surface area contributed by atoms with Gasteiger partial charge in [-0.25, -0.2) is 0 Å². The lowest BCUT2D eigenvalue weighted by Gasteiger charge is -2.27. The quantitative estimate of drug-likeness (QED) is 0.782. The molecule has 4 rings (SSSR count). The van der Waals surface area contributed by atoms with Gasteiger partial charge in [-0.1, -0.05) is 42.5 Å². The van der Waals surface area contributed by atoms with Gasteiger partial charge in [-0.2, -0.15) is 13.2 Å². The highest BCUT2D eigenvalue weighted by Crippen LogP contribution is 2.47. The molecule has 2 atom stereocenters. The standard InChI is InChI=1S/C22H25F3N2/c23-22(24,25)20-12-15(14-4-2-1-3-5-14)6-11-18(20)19-13-21(19)27-17-9-7-16(26)8-10-17/h1-6,11-12,16-17,19,21,27H,7-10,13,26H2/t16-,17-,19-,21+/m0/s1. The molecule has 2 saturated carbocycles. The predicted molar refractivity (Wildman–Crippen MR) is 101 cm³/mol. The monoisotopic (exact) mass is 374 g/mol. The van der Waals surface area contributed by atoms with E-state index in [4.69, 9.17) is 5.73 Å². The molecule has 3 N–H and O–H groups in total. The summed E-state index contributed by atoms with van der Waals surface area (Å²) < 4.78 is 41.2. The van der Waals surface area contributed by atoms with Crippen LogP contribution >= 0.6 is 0 Å². The largest absolute Gasteiger partial charge is 0.416 e. The van der Waals surface area contributed by atoms with Gasteiger partial charge >= 0.3 is 6.18 Å². The van der Waals surface area contributed by atoms with Gasteiger partial charge in [-0.15, -0.1) is 0 Å². The van der Waals surface area contributed by atoms with Crippen LogP contribution < -0.4 is 11.1 Å². The number of rotatable bonds is 4. The van der Waals surface area contributed by atoms with Crippen LogP contribution in [0.1, 0.15) is 49.1 Å². The maximum absolute atomic E-state index is 13.7. The van der Waals surface area contributed by atoms with E-state index in [2.05, 4.69) is 5.32 Å². The third kappa shape index (κ3) is 4.19. The lowest BCUT2D eigenvalue weighted by atomic mass is 9.91. The van der Waals surface area contributed by atoms with E-state index in [1.54, 1.807) is 6.07 Å². The number of benzene rings is 2. The Bertz CT molecular complexity index is 780. The van der Waals surface area contributed by atoms with Crippen LogP contribution in [0.25, 0.3) is 11.1 Å². The molecule has 0 radical (unpaired) electrons. The molecule has 0 saturated heterocycles. The topological polar surface area (TPSA) is 38.0 Å². The Morgan fingerprint density at radius 1 is 0.889 bits per heavy atom. The minimum Gasteiger partial charge on any atom is -0.328 e. The Balaban J connectivity index is 1.53. The Morgan fingerprint density at radius 2 is 1.59 bits per heavy atom. The lowest BCUT2D eigenvalue weighted by Crippen LogP contribution is -2.38. The van der Waals surface area contributed by atoms with E-state index in [0.29, 0.717) is 17.2 Å². The van der Waals surface area contributed by atoms with Crippen LogP contribution in [-0.2, 0) is 6.18 Å². The van der Waals surface area contributed by atoms with Gasteiger partial charge in [0.2, 0.25) is 0 Å². The average Bonchev–Trinajstić information content (AvgIpc) is 3.42. The zero-order valence-corrected chi connectivity index (χ0v) is 15.2. The highest BCUT2D eigenvalue weighted by Gasteiger charge is 2.45. The van der Waals surface area contributed by atoms with Gasteiger partial charge in [0.05, 0.1) is 5.56 Å². The molecular weight excluding hydrogens is 349 g/mol. The fourth-order valence-electron chi connectivity index (χ4n) is 4.25. The molecule has 0 amide bonds. The summed E-state index contributed by atoms with van der Waals surface area (Å²) in [4.78, 5) is 0. The predicted octanol–water partition coefficient (Wildman–Crippen LogP) is 5.09. The summed E-state index contributed by atoms with van der Waals surface area (Å²) in [5.41, 5.74) is 7.28. The molecular formula is C22H25F3N2. The molecule has 144 valence electrons. The zero-order chi connectivity index (χ0) is 19.0. The summed E-state index contributed by atoms with van der Waals surface area (Å²) >= 11 is 0. The van der Waals surface area contributed by atoms with E-state index in [0.717, 1.165) is 37.7 Å². The molecule has 0 heterocycles. The van der Waals surface area contributed by atoms with Gasteiger partial charge in [0.15, 0.2) is 0 Å². The fraction of sp³-hybridized carbons (Fsp3) is 0.455. The van der Waals surface area contributed by atoms with Gasteiger partial charge < -0.3 is 11.1 Å². The number of hydrogen-bond donors (Lipinski definition) is 2. The molecule has 0 aromatic heterocycles. The van der Waals surface area contributed by atoms with Gasteiger partial charge in [-0.3, -0.25) is 0 Å². The fourth-order valence-corrected chi connectivity index (χ4v) is 4.25. The molecule has 0 unspecified atom stereocenters. The SMILES string of the molecule is N[C@H]1CC[C@H](N[C@@H]2C[C@H]2c2ccc(-c3ccccc3)cc2C(F)(F)F)CC1. The number of halogens is 3. The smallest absolute Gasteiger partial charge is 0.328 e. The van der Waals surface area contributed by atoms with Crippen LogP contribution in [0.5, 0.6) is 0 Å². The van der Waals surface area contributed by atoms with Crippen molar-refractivity contribution in [2.24, 2.45) is 5.73 Å². The average molecular weight is 374 g/mol. The summed E-state index contributed by atoms with van der Waals surface area (Å²) in [6.07, 6.45) is 0.456. The summed E-state index contributed by atoms with van der Waals surface area (Å²) in [5.74, 6) is -0.0537. The second-order valence-corrected chi connectivity index (χ2v) is 7.89. The summed E-state index contributed by atoms with van der Waals surface area (Å²) in [6, 6.07) is 14.8. The first-order valence-corrected chi connectivity index (χ1v) is 9.70. The Morgan fingerprint density at radius 3 is 2.26 bits per heavy atom. The van der Waals surface area contributed by atoms with Crippen molar-refractivity contribution in [2.45, 2.75) is 62.3 Å². The van der Waals surface area contributed by atoms with Crippen LogP contribution in [0.2, 0.25) is 0 Å². The van der Waals surface area contributed by atoms with E-state index < -0.39 is 11.7 Å². The molecule has 2 aromatic carbocycles. The van der Waals surface area contributed by atoms with Crippen LogP contribution in [0.4, 0.5) is 13.2 Å². The van der Waals surface area contributed by atoms with Gasteiger partial charge in [-0.05, 0) is 54.9 Å². The summed E-state index contributed by atoms with van der Waals surface area (Å²) in [5, 5.41) is 3.56. The molecule has 5 heteroatoms. The summed E-state index contributed by atoms with van der Waals surface area (Å²) in [7, 11) is 0. The van der Waals surface area contributed by atoms with Gasteiger partial charge in [0.25, 0.3) is 0 Å². The molecule has 2 fully saturated rings. The van der Waals surface area contributed by atoms with Gasteiger partial charge in [0, 0.05) is 24.0 Å². The van der Waals surface area contributed by atoms with Crippen molar-refractivity contribution in [1.82, 2.24) is 5.32 Å². The normalized spacial score (nSPS) is 28.1. The van der Waals surface area contributed by atoms with Crippen LogP contribution in [-0.4, -0.2) is 18.1 Å². The molecule has 2 nitrogen and oxygen atoms in total. The van der Waals surface area contributed by atoms with Gasteiger partial charge in [0.1, 0.15) is 0 Å². The highest BCUT2D eigenvalue weighted by molar-refractivity contribution is 5.65. The van der Waals surface area contributed by atoms with Crippen LogP contribution in [0.3, 0.4) is 0 Å². The third-order valence-electron chi connectivity index (χ3n) is 5.88. The molecule has 0 spiro atoms. The maximum atomic E-state index is 13.7. The number of nitrogens with one attached hydrogen (secondary N) is 1. The molecule has 2 aromatic rings. The number of nitrogens with two attached hydrogens (primary N) is 1. The van der Waals surface area contributed by atoms with E-state index in [1.165, 1.54) is 6.07 Å². The molecule has 2 aliphatic rings. The molecule has 27 heavy (non-hydrogen) atoms. The van der Waals surface area contributed by atoms with Crippen LogP contribution in [0.15, 0.2) is 48.5 Å². The Labute approximate surface area is 158 Å². The van der Waals surface area contributed by atoms with E-state index >= 15 is 0 Å². The second-order valence-electron chi connectivity index (χ2n) is 7.89. The Hall–Kier alpha value is -1.85. The number of hydrogen-bond acceptors (Lipinski definition) is 2. The first kappa shape index (κ1) is 18.5.